The number of aliphatic hydroxyl groups is 1. The summed E-state index contributed by atoms with van der Waals surface area (Å²) >= 11 is 1.37. The van der Waals surface area contributed by atoms with Crippen LogP contribution in [0.4, 0.5) is 0 Å². The lowest BCUT2D eigenvalue weighted by atomic mass is 9.86. The number of thiazole rings is 1. The van der Waals surface area contributed by atoms with Crippen molar-refractivity contribution < 1.29 is 18.3 Å². The van der Waals surface area contributed by atoms with E-state index in [9.17, 15) is 18.3 Å². The maximum atomic E-state index is 13.7. The van der Waals surface area contributed by atoms with Crippen molar-refractivity contribution in [2.45, 2.75) is 64.1 Å². The Bertz CT molecular complexity index is 1290. The van der Waals surface area contributed by atoms with Crippen LogP contribution in [0, 0.1) is 11.3 Å². The molecule has 10 heteroatoms. The van der Waals surface area contributed by atoms with Gasteiger partial charge in [-0.05, 0) is 41.5 Å². The third-order valence-electron chi connectivity index (χ3n) is 6.21. The monoisotopic (exact) mass is 546 g/mol. The van der Waals surface area contributed by atoms with Crippen molar-refractivity contribution in [2.75, 3.05) is 13.1 Å². The fourth-order valence-corrected chi connectivity index (χ4v) is 6.42. The molecule has 0 radical (unpaired) electrons. The van der Waals surface area contributed by atoms with Crippen LogP contribution in [-0.4, -0.2) is 60.0 Å². The van der Waals surface area contributed by atoms with E-state index in [4.69, 9.17) is 5.73 Å². The van der Waals surface area contributed by atoms with Crippen LogP contribution in [0.15, 0.2) is 58.9 Å². The summed E-state index contributed by atoms with van der Waals surface area (Å²) in [6, 6.07) is 12.8. The first kappa shape index (κ1) is 29.2. The normalized spacial score (nSPS) is 15.2. The minimum Gasteiger partial charge on any atom is -0.390 e. The van der Waals surface area contributed by atoms with Gasteiger partial charge in [0.15, 0.2) is 0 Å². The van der Waals surface area contributed by atoms with Gasteiger partial charge in [-0.1, -0.05) is 65.0 Å². The molecule has 3 aromatic rings. The second-order valence-electron chi connectivity index (χ2n) is 10.9. The summed E-state index contributed by atoms with van der Waals surface area (Å²) in [5.41, 5.74) is 9.02. The van der Waals surface area contributed by atoms with Crippen LogP contribution in [0.2, 0.25) is 0 Å². The number of aliphatic hydroxyl groups excluding tert-OH is 1. The Balaban J connectivity index is 1.90. The molecule has 8 nitrogen and oxygen atoms in total. The van der Waals surface area contributed by atoms with E-state index in [-0.39, 0.29) is 29.8 Å². The molecule has 0 aliphatic rings. The Labute approximate surface area is 224 Å². The Morgan fingerprint density at radius 3 is 2.43 bits per heavy atom. The van der Waals surface area contributed by atoms with E-state index in [1.807, 2.05) is 65.0 Å². The zero-order chi connectivity index (χ0) is 27.4. The number of amides is 1. The lowest BCUT2D eigenvalue weighted by Gasteiger charge is -2.33. The first-order chi connectivity index (χ1) is 17.3. The average Bonchev–Trinajstić information content (AvgIpc) is 3.30. The first-order valence-electron chi connectivity index (χ1n) is 12.4. The molecule has 0 fully saturated rings. The van der Waals surface area contributed by atoms with Crippen molar-refractivity contribution in [3.8, 4) is 0 Å². The summed E-state index contributed by atoms with van der Waals surface area (Å²) in [5, 5.41) is 14.3. The van der Waals surface area contributed by atoms with Crippen LogP contribution in [0.5, 0.6) is 0 Å². The molecule has 202 valence electrons. The van der Waals surface area contributed by atoms with Gasteiger partial charge >= 0.3 is 0 Å². The van der Waals surface area contributed by atoms with Gasteiger partial charge in [-0.25, -0.2) is 13.4 Å². The predicted molar refractivity (Wildman–Crippen MR) is 149 cm³/mol. The number of carbonyl (C=O) groups excluding carboxylic acids is 1. The second-order valence-corrected chi connectivity index (χ2v) is 13.7. The summed E-state index contributed by atoms with van der Waals surface area (Å²) in [7, 11) is -3.92. The van der Waals surface area contributed by atoms with Gasteiger partial charge < -0.3 is 16.2 Å². The summed E-state index contributed by atoms with van der Waals surface area (Å²) in [5.74, 6) is -0.369. The Hall–Kier alpha value is -2.37. The molecule has 0 saturated heterocycles. The highest BCUT2D eigenvalue weighted by atomic mass is 32.2. The molecule has 2 aromatic carbocycles. The average molecular weight is 547 g/mol. The molecule has 0 spiro atoms. The van der Waals surface area contributed by atoms with Gasteiger partial charge in [-0.3, -0.25) is 4.79 Å². The number of nitrogens with zero attached hydrogens (tertiary/aromatic N) is 2. The fraction of sp³-hybridized carbons (Fsp3) is 0.481. The number of hydrogen-bond donors (Lipinski definition) is 3. The Morgan fingerprint density at radius 1 is 1.14 bits per heavy atom. The van der Waals surface area contributed by atoms with Crippen molar-refractivity contribution in [2.24, 2.45) is 17.1 Å². The molecule has 1 aromatic heterocycles. The standard InChI is InChI=1S/C27H38N4O4S2/c1-18(2)15-31(37(34,35)20-11-12-21-24(14-20)36-17-29-21)16-23(32)22(13-19-9-7-6-8-10-19)30-26(33)25(28)27(3,4)5/h6-12,14,17-18,22-23,25,32H,13,15-16,28H2,1-5H3,(H,30,33). The topological polar surface area (TPSA) is 126 Å². The summed E-state index contributed by atoms with van der Waals surface area (Å²) in [6.07, 6.45) is -0.843. The summed E-state index contributed by atoms with van der Waals surface area (Å²) in [6.45, 7) is 9.50. The molecular weight excluding hydrogens is 508 g/mol. The van der Waals surface area contributed by atoms with Gasteiger partial charge in [0.2, 0.25) is 15.9 Å². The lowest BCUT2D eigenvalue weighted by molar-refractivity contribution is -0.126. The Kier molecular flexibility index (Phi) is 9.47. The van der Waals surface area contributed by atoms with E-state index in [0.717, 1.165) is 15.8 Å². The van der Waals surface area contributed by atoms with E-state index >= 15 is 0 Å². The molecular formula is C27H38N4O4S2. The molecule has 0 aliphatic carbocycles. The number of nitrogens with one attached hydrogen (secondary N) is 1. The second kappa shape index (κ2) is 12.0. The van der Waals surface area contributed by atoms with Crippen LogP contribution in [0.1, 0.15) is 40.2 Å². The van der Waals surface area contributed by atoms with Crippen molar-refractivity contribution in [3.63, 3.8) is 0 Å². The van der Waals surface area contributed by atoms with Gasteiger partial charge in [0, 0.05) is 13.1 Å². The highest BCUT2D eigenvalue weighted by Crippen LogP contribution is 2.25. The van der Waals surface area contributed by atoms with Gasteiger partial charge in [0.05, 0.1) is 38.8 Å². The van der Waals surface area contributed by atoms with E-state index in [1.54, 1.807) is 23.7 Å². The number of hydrogen-bond acceptors (Lipinski definition) is 7. The molecule has 0 aliphatic heterocycles. The molecule has 3 rings (SSSR count). The zero-order valence-corrected chi connectivity index (χ0v) is 23.7. The maximum Gasteiger partial charge on any atom is 0.243 e. The molecule has 0 saturated carbocycles. The van der Waals surface area contributed by atoms with E-state index in [2.05, 4.69) is 10.3 Å². The van der Waals surface area contributed by atoms with Gasteiger partial charge in [0.25, 0.3) is 0 Å². The van der Waals surface area contributed by atoms with Crippen LogP contribution in [0.3, 0.4) is 0 Å². The van der Waals surface area contributed by atoms with E-state index in [0.29, 0.717) is 6.42 Å². The number of nitrogens with two attached hydrogens (primary N) is 1. The van der Waals surface area contributed by atoms with Crippen molar-refractivity contribution in [3.05, 3.63) is 59.6 Å². The van der Waals surface area contributed by atoms with Gasteiger partial charge in [0.1, 0.15) is 0 Å². The molecule has 1 amide bonds. The number of benzene rings is 2. The van der Waals surface area contributed by atoms with Crippen molar-refractivity contribution in [1.29, 1.82) is 0 Å². The molecule has 37 heavy (non-hydrogen) atoms. The highest BCUT2D eigenvalue weighted by molar-refractivity contribution is 7.89. The molecule has 3 atom stereocenters. The minimum atomic E-state index is -3.92. The summed E-state index contributed by atoms with van der Waals surface area (Å²) in [4.78, 5) is 17.4. The third kappa shape index (κ3) is 7.58. The SMILES string of the molecule is CC(C)CN(CC(O)C(Cc1ccccc1)NC(=O)C(N)C(C)(C)C)S(=O)(=O)c1ccc2ncsc2c1. The van der Waals surface area contributed by atoms with Crippen molar-refractivity contribution >= 4 is 37.5 Å². The Morgan fingerprint density at radius 2 is 1.81 bits per heavy atom. The molecule has 4 N–H and O–H groups in total. The third-order valence-corrected chi connectivity index (χ3v) is 8.83. The van der Waals surface area contributed by atoms with Gasteiger partial charge in [-0.2, -0.15) is 4.31 Å². The molecule has 1 heterocycles. The van der Waals surface area contributed by atoms with Crippen LogP contribution < -0.4 is 11.1 Å². The number of rotatable bonds is 11. The van der Waals surface area contributed by atoms with Crippen LogP contribution in [0.25, 0.3) is 10.2 Å². The minimum absolute atomic E-state index is 0.0191. The summed E-state index contributed by atoms with van der Waals surface area (Å²) < 4.78 is 29.5. The van der Waals surface area contributed by atoms with E-state index in [1.165, 1.54) is 15.6 Å². The zero-order valence-electron chi connectivity index (χ0n) is 22.1. The maximum absolute atomic E-state index is 13.7. The first-order valence-corrected chi connectivity index (χ1v) is 14.7. The predicted octanol–water partition coefficient (Wildman–Crippen LogP) is 3.40. The fourth-order valence-electron chi connectivity index (χ4n) is 3.98. The van der Waals surface area contributed by atoms with Crippen LogP contribution in [-0.2, 0) is 21.2 Å². The van der Waals surface area contributed by atoms with Gasteiger partial charge in [-0.15, -0.1) is 11.3 Å². The molecule has 3 unspecified atom stereocenters. The lowest BCUT2D eigenvalue weighted by Crippen LogP contribution is -2.56. The molecule has 0 bridgehead atoms. The smallest absolute Gasteiger partial charge is 0.243 e. The number of sulfonamides is 1. The van der Waals surface area contributed by atoms with Crippen molar-refractivity contribution in [1.82, 2.24) is 14.6 Å². The van der Waals surface area contributed by atoms with Crippen LogP contribution >= 0.6 is 11.3 Å². The van der Waals surface area contributed by atoms with E-state index < -0.39 is 33.6 Å². The number of carbonyl (C=O) groups is 1. The quantitative estimate of drug-likeness (QED) is 0.338. The number of aromatic nitrogens is 1. The highest BCUT2D eigenvalue weighted by Gasteiger charge is 2.34. The largest absolute Gasteiger partial charge is 0.390 e. The number of fused-ring (bicyclic) bond motifs is 1.